The highest BCUT2D eigenvalue weighted by atomic mass is 16.5. The predicted molar refractivity (Wildman–Crippen MR) is 104 cm³/mol. The minimum Gasteiger partial charge on any atom is -0.508 e. The average molecular weight is 383 g/mol. The topological polar surface area (TPSA) is 68.2 Å². The standard InChI is InChI=1S/C22H25NO5/c1-26-21-12-15(4-7-19(21)27-11-10-23-8-2-3-9-23)18-14-22(25)28-20-13-16(24)5-6-17(18)20/h4-7,12-13,18,24H,2-3,8-11,14H2,1H3. The van der Waals surface area contributed by atoms with Crippen molar-refractivity contribution in [3.8, 4) is 23.0 Å². The maximum Gasteiger partial charge on any atom is 0.312 e. The molecule has 0 bridgehead atoms. The largest absolute Gasteiger partial charge is 0.508 e. The van der Waals surface area contributed by atoms with Crippen LogP contribution in [0.4, 0.5) is 0 Å². The van der Waals surface area contributed by atoms with Gasteiger partial charge in [-0.05, 0) is 49.7 Å². The number of likely N-dealkylation sites (tertiary alicyclic amines) is 1. The molecule has 0 aromatic heterocycles. The van der Waals surface area contributed by atoms with Crippen LogP contribution in [0.2, 0.25) is 0 Å². The van der Waals surface area contributed by atoms with Gasteiger partial charge in [0.15, 0.2) is 11.5 Å². The average Bonchev–Trinajstić information content (AvgIpc) is 3.20. The highest BCUT2D eigenvalue weighted by molar-refractivity contribution is 5.78. The number of fused-ring (bicyclic) bond motifs is 1. The zero-order valence-corrected chi connectivity index (χ0v) is 16.0. The summed E-state index contributed by atoms with van der Waals surface area (Å²) in [5.41, 5.74) is 1.83. The molecule has 148 valence electrons. The van der Waals surface area contributed by atoms with Gasteiger partial charge in [-0.2, -0.15) is 0 Å². The lowest BCUT2D eigenvalue weighted by Crippen LogP contribution is -2.25. The maximum atomic E-state index is 12.0. The van der Waals surface area contributed by atoms with Crippen LogP contribution in [0.15, 0.2) is 36.4 Å². The number of phenols is 1. The second kappa shape index (κ2) is 8.10. The van der Waals surface area contributed by atoms with Gasteiger partial charge in [-0.15, -0.1) is 0 Å². The molecule has 2 aliphatic heterocycles. The SMILES string of the molecule is COc1cc(C2CC(=O)Oc3cc(O)ccc32)ccc1OCCN1CCCC1. The molecule has 4 rings (SSSR count). The normalized spacial score (nSPS) is 19.2. The maximum absolute atomic E-state index is 12.0. The summed E-state index contributed by atoms with van der Waals surface area (Å²) in [6.07, 6.45) is 2.78. The molecule has 1 atom stereocenters. The van der Waals surface area contributed by atoms with Gasteiger partial charge in [0.05, 0.1) is 13.5 Å². The summed E-state index contributed by atoms with van der Waals surface area (Å²) in [4.78, 5) is 14.4. The fourth-order valence-electron chi connectivity index (χ4n) is 3.95. The summed E-state index contributed by atoms with van der Waals surface area (Å²) in [6.45, 7) is 3.82. The van der Waals surface area contributed by atoms with Crippen LogP contribution in [-0.4, -0.2) is 49.3 Å². The van der Waals surface area contributed by atoms with Crippen LogP contribution >= 0.6 is 0 Å². The Morgan fingerprint density at radius 2 is 1.96 bits per heavy atom. The minimum absolute atomic E-state index is 0.0755. The fraction of sp³-hybridized carbons (Fsp3) is 0.409. The Morgan fingerprint density at radius 3 is 2.75 bits per heavy atom. The molecular formula is C22H25NO5. The van der Waals surface area contributed by atoms with Crippen LogP contribution in [0.25, 0.3) is 0 Å². The van der Waals surface area contributed by atoms with Gasteiger partial charge in [-0.1, -0.05) is 12.1 Å². The van der Waals surface area contributed by atoms with Gasteiger partial charge in [-0.25, -0.2) is 0 Å². The number of carbonyl (C=O) groups is 1. The Hall–Kier alpha value is -2.73. The molecule has 1 N–H and O–H groups in total. The summed E-state index contributed by atoms with van der Waals surface area (Å²) in [6, 6.07) is 10.7. The fourth-order valence-corrected chi connectivity index (χ4v) is 3.95. The molecular weight excluding hydrogens is 358 g/mol. The number of rotatable bonds is 6. The van der Waals surface area contributed by atoms with E-state index in [0.29, 0.717) is 23.9 Å². The van der Waals surface area contributed by atoms with Crippen LogP contribution in [0, 0.1) is 0 Å². The van der Waals surface area contributed by atoms with E-state index in [1.807, 2.05) is 18.2 Å². The van der Waals surface area contributed by atoms with Gasteiger partial charge in [0.25, 0.3) is 0 Å². The molecule has 0 spiro atoms. The molecule has 6 heteroatoms. The van der Waals surface area contributed by atoms with Crippen molar-refractivity contribution < 1.29 is 24.1 Å². The molecule has 1 unspecified atom stereocenters. The molecule has 2 aromatic carbocycles. The second-order valence-corrected chi connectivity index (χ2v) is 7.26. The molecule has 0 amide bonds. The third-order valence-corrected chi connectivity index (χ3v) is 5.42. The number of benzene rings is 2. The monoisotopic (exact) mass is 383 g/mol. The Morgan fingerprint density at radius 1 is 1.14 bits per heavy atom. The number of nitrogens with zero attached hydrogens (tertiary/aromatic N) is 1. The first-order valence-electron chi connectivity index (χ1n) is 9.71. The number of ether oxygens (including phenoxy) is 3. The van der Waals surface area contributed by atoms with Gasteiger partial charge in [0, 0.05) is 24.1 Å². The van der Waals surface area contributed by atoms with E-state index < -0.39 is 0 Å². The molecule has 0 aliphatic carbocycles. The Labute approximate surface area is 164 Å². The second-order valence-electron chi connectivity index (χ2n) is 7.26. The lowest BCUT2D eigenvalue weighted by atomic mass is 9.86. The highest BCUT2D eigenvalue weighted by Crippen LogP contribution is 2.42. The first-order valence-corrected chi connectivity index (χ1v) is 9.71. The Balaban J connectivity index is 1.53. The number of carbonyl (C=O) groups excluding carboxylic acids is 1. The number of methoxy groups -OCH3 is 1. The third-order valence-electron chi connectivity index (χ3n) is 5.42. The predicted octanol–water partition coefficient (Wildman–Crippen LogP) is 3.32. The molecule has 1 fully saturated rings. The molecule has 2 heterocycles. The summed E-state index contributed by atoms with van der Waals surface area (Å²) >= 11 is 0. The van der Waals surface area contributed by atoms with Gasteiger partial charge in [-0.3, -0.25) is 9.69 Å². The quantitative estimate of drug-likeness (QED) is 0.610. The molecule has 0 saturated carbocycles. The van der Waals surface area contributed by atoms with Crippen molar-refractivity contribution in [3.05, 3.63) is 47.5 Å². The third kappa shape index (κ3) is 3.92. The number of aromatic hydroxyl groups is 1. The van der Waals surface area contributed by atoms with E-state index in [1.165, 1.54) is 18.9 Å². The van der Waals surface area contributed by atoms with E-state index in [0.717, 1.165) is 30.8 Å². The summed E-state index contributed by atoms with van der Waals surface area (Å²) in [5.74, 6) is 1.38. The van der Waals surface area contributed by atoms with Crippen molar-refractivity contribution >= 4 is 5.97 Å². The zero-order chi connectivity index (χ0) is 19.5. The van der Waals surface area contributed by atoms with Crippen molar-refractivity contribution in [1.29, 1.82) is 0 Å². The van der Waals surface area contributed by atoms with Crippen molar-refractivity contribution in [2.45, 2.75) is 25.2 Å². The van der Waals surface area contributed by atoms with Crippen LogP contribution < -0.4 is 14.2 Å². The van der Waals surface area contributed by atoms with E-state index in [4.69, 9.17) is 14.2 Å². The van der Waals surface area contributed by atoms with Crippen LogP contribution in [0.3, 0.4) is 0 Å². The number of phenolic OH excluding ortho intramolecular Hbond substituents is 1. The minimum atomic E-state index is -0.312. The molecule has 0 radical (unpaired) electrons. The first-order chi connectivity index (χ1) is 13.6. The van der Waals surface area contributed by atoms with E-state index in [2.05, 4.69) is 4.90 Å². The van der Waals surface area contributed by atoms with E-state index in [9.17, 15) is 9.90 Å². The molecule has 6 nitrogen and oxygen atoms in total. The van der Waals surface area contributed by atoms with E-state index in [-0.39, 0.29) is 24.1 Å². The Bertz CT molecular complexity index is 860. The van der Waals surface area contributed by atoms with Crippen LogP contribution in [0.5, 0.6) is 23.0 Å². The zero-order valence-electron chi connectivity index (χ0n) is 16.0. The van der Waals surface area contributed by atoms with E-state index >= 15 is 0 Å². The van der Waals surface area contributed by atoms with Crippen molar-refractivity contribution in [2.75, 3.05) is 33.4 Å². The van der Waals surface area contributed by atoms with E-state index in [1.54, 1.807) is 19.2 Å². The van der Waals surface area contributed by atoms with Gasteiger partial charge < -0.3 is 19.3 Å². The summed E-state index contributed by atoms with van der Waals surface area (Å²) in [7, 11) is 1.62. The number of esters is 1. The number of hydrogen-bond acceptors (Lipinski definition) is 6. The molecule has 2 aliphatic rings. The molecule has 28 heavy (non-hydrogen) atoms. The number of hydrogen-bond donors (Lipinski definition) is 1. The molecule has 1 saturated heterocycles. The molecule has 2 aromatic rings. The van der Waals surface area contributed by atoms with Gasteiger partial charge in [0.2, 0.25) is 0 Å². The van der Waals surface area contributed by atoms with Crippen LogP contribution in [-0.2, 0) is 4.79 Å². The van der Waals surface area contributed by atoms with Crippen molar-refractivity contribution in [3.63, 3.8) is 0 Å². The smallest absolute Gasteiger partial charge is 0.312 e. The van der Waals surface area contributed by atoms with Crippen LogP contribution in [0.1, 0.15) is 36.3 Å². The van der Waals surface area contributed by atoms with Gasteiger partial charge >= 0.3 is 5.97 Å². The summed E-state index contributed by atoms with van der Waals surface area (Å²) in [5, 5.41) is 9.68. The van der Waals surface area contributed by atoms with Crippen molar-refractivity contribution in [1.82, 2.24) is 4.90 Å². The first kappa shape index (κ1) is 18.6. The summed E-state index contributed by atoms with van der Waals surface area (Å²) < 4.78 is 16.8. The van der Waals surface area contributed by atoms with Gasteiger partial charge in [0.1, 0.15) is 18.1 Å². The van der Waals surface area contributed by atoms with Crippen molar-refractivity contribution in [2.24, 2.45) is 0 Å². The lowest BCUT2D eigenvalue weighted by molar-refractivity contribution is -0.135. The Kier molecular flexibility index (Phi) is 5.39. The lowest BCUT2D eigenvalue weighted by Gasteiger charge is -2.25. The highest BCUT2D eigenvalue weighted by Gasteiger charge is 2.29.